The van der Waals surface area contributed by atoms with Gasteiger partial charge < -0.3 is 15.0 Å². The molecule has 12 heteroatoms. The maximum atomic E-state index is 14.6. The van der Waals surface area contributed by atoms with Gasteiger partial charge in [-0.1, -0.05) is 11.6 Å². The fourth-order valence-corrected chi connectivity index (χ4v) is 4.15. The maximum absolute atomic E-state index is 14.6. The van der Waals surface area contributed by atoms with Crippen molar-refractivity contribution in [3.63, 3.8) is 0 Å². The molecule has 0 amide bonds. The molecule has 0 aliphatic carbocycles. The molecule has 1 fully saturated rings. The van der Waals surface area contributed by atoms with Crippen molar-refractivity contribution >= 4 is 40.1 Å². The summed E-state index contributed by atoms with van der Waals surface area (Å²) in [6.45, 7) is 3.14. The van der Waals surface area contributed by atoms with Crippen LogP contribution in [0.5, 0.6) is 0 Å². The molecule has 4 N–H and O–H groups in total. The van der Waals surface area contributed by atoms with Gasteiger partial charge in [-0.05, 0) is 43.7 Å². The molecule has 4 rings (SSSR count). The van der Waals surface area contributed by atoms with Gasteiger partial charge in [0, 0.05) is 31.8 Å². The molecule has 2 aromatic carbocycles. The zero-order valence-corrected chi connectivity index (χ0v) is 19.1. The Bertz CT molecular complexity index is 1210. The Labute approximate surface area is 198 Å². The summed E-state index contributed by atoms with van der Waals surface area (Å²) in [4.78, 5) is 13.6. The van der Waals surface area contributed by atoms with Crippen molar-refractivity contribution in [2.75, 3.05) is 38.7 Å². The molecule has 34 heavy (non-hydrogen) atoms. The van der Waals surface area contributed by atoms with Crippen molar-refractivity contribution < 1.29 is 23.1 Å². The van der Waals surface area contributed by atoms with E-state index in [1.54, 1.807) is 7.11 Å². The number of anilines is 1. The van der Waals surface area contributed by atoms with E-state index in [0.29, 0.717) is 6.61 Å². The van der Waals surface area contributed by atoms with Crippen molar-refractivity contribution in [1.29, 1.82) is 0 Å². The number of aromatic nitrogens is 2. The van der Waals surface area contributed by atoms with Crippen molar-refractivity contribution in [2.24, 2.45) is 4.99 Å². The zero-order chi connectivity index (χ0) is 24.2. The van der Waals surface area contributed by atoms with Crippen molar-refractivity contribution in [1.82, 2.24) is 20.3 Å². The first-order chi connectivity index (χ1) is 16.4. The monoisotopic (exact) mass is 496 g/mol. The third kappa shape index (κ3) is 5.27. The molecule has 0 spiro atoms. The zero-order valence-electron chi connectivity index (χ0n) is 18.3. The van der Waals surface area contributed by atoms with Crippen LogP contribution in [0.25, 0.3) is 11.0 Å². The number of nitrogens with one attached hydrogen (secondary N) is 3. The minimum absolute atomic E-state index is 0.0303. The second kappa shape index (κ2) is 10.6. The summed E-state index contributed by atoms with van der Waals surface area (Å²) in [5.74, 6) is -2.87. The van der Waals surface area contributed by atoms with Gasteiger partial charge in [-0.15, -0.1) is 0 Å². The van der Waals surface area contributed by atoms with E-state index in [9.17, 15) is 18.4 Å². The number of likely N-dealkylation sites (tertiary alicyclic amines) is 1. The largest absolute Gasteiger partial charge is 0.383 e. The van der Waals surface area contributed by atoms with Gasteiger partial charge in [0.1, 0.15) is 11.3 Å². The first-order valence-electron chi connectivity index (χ1n) is 10.7. The number of aliphatic imine (C=N–C) groups is 1. The van der Waals surface area contributed by atoms with E-state index in [1.807, 2.05) is 5.48 Å². The summed E-state index contributed by atoms with van der Waals surface area (Å²) in [6, 6.07) is 4.61. The minimum atomic E-state index is -1.16. The van der Waals surface area contributed by atoms with Gasteiger partial charge in [-0.3, -0.25) is 15.6 Å². The number of imidazole rings is 1. The predicted molar refractivity (Wildman–Crippen MR) is 123 cm³/mol. The highest BCUT2D eigenvalue weighted by Crippen LogP contribution is 2.27. The molecule has 0 bridgehead atoms. The molecule has 1 aliphatic rings. The minimum Gasteiger partial charge on any atom is -0.383 e. The summed E-state index contributed by atoms with van der Waals surface area (Å²) < 4.78 is 47.6. The third-order valence-electron chi connectivity index (χ3n) is 5.62. The lowest BCUT2D eigenvalue weighted by Gasteiger charge is -2.32. The number of hydrogen-bond donors (Lipinski definition) is 4. The Kier molecular flexibility index (Phi) is 7.57. The first kappa shape index (κ1) is 24.3. The molecule has 3 aromatic rings. The van der Waals surface area contributed by atoms with Crippen LogP contribution >= 0.6 is 11.6 Å². The van der Waals surface area contributed by atoms with E-state index < -0.39 is 17.5 Å². The van der Waals surface area contributed by atoms with Gasteiger partial charge >= 0.3 is 0 Å². The Hall–Kier alpha value is -2.86. The van der Waals surface area contributed by atoms with Gasteiger partial charge in [0.05, 0.1) is 22.8 Å². The second-order valence-corrected chi connectivity index (χ2v) is 8.38. The van der Waals surface area contributed by atoms with Gasteiger partial charge in [-0.25, -0.2) is 23.1 Å². The molecule has 1 aromatic heterocycles. The van der Waals surface area contributed by atoms with Crippen LogP contribution in [0.4, 0.5) is 24.8 Å². The quantitative estimate of drug-likeness (QED) is 0.222. The summed E-state index contributed by atoms with van der Waals surface area (Å²) in [6.07, 6.45) is 1.86. The van der Waals surface area contributed by atoms with E-state index >= 15 is 0 Å². The van der Waals surface area contributed by atoms with Crippen LogP contribution in [0.15, 0.2) is 29.3 Å². The van der Waals surface area contributed by atoms with Crippen LogP contribution in [0.1, 0.15) is 18.4 Å². The number of methoxy groups -OCH3 is 1. The van der Waals surface area contributed by atoms with Crippen LogP contribution in [0.2, 0.25) is 5.02 Å². The van der Waals surface area contributed by atoms with E-state index in [4.69, 9.17) is 16.3 Å². The average Bonchev–Trinajstić information content (AvgIpc) is 3.25. The Morgan fingerprint density at radius 2 is 2.15 bits per heavy atom. The number of fused-ring (bicyclic) bond motifs is 1. The first-order valence-corrected chi connectivity index (χ1v) is 11.1. The normalized spacial score (nSPS) is 17.4. The number of halogens is 4. The topological polar surface area (TPSA) is 97.8 Å². The number of hydrogen-bond acceptors (Lipinski definition) is 6. The number of amidine groups is 1. The molecule has 0 saturated carbocycles. The lowest BCUT2D eigenvalue weighted by atomic mass is 10.1. The lowest BCUT2D eigenvalue weighted by molar-refractivity contribution is 0.131. The van der Waals surface area contributed by atoms with Crippen LogP contribution in [-0.2, 0) is 4.74 Å². The molecule has 8 nitrogen and oxygen atoms in total. The van der Waals surface area contributed by atoms with E-state index in [-0.39, 0.29) is 45.1 Å². The van der Waals surface area contributed by atoms with Crippen LogP contribution in [0.3, 0.4) is 0 Å². The van der Waals surface area contributed by atoms with Crippen molar-refractivity contribution in [2.45, 2.75) is 18.9 Å². The van der Waals surface area contributed by atoms with Crippen LogP contribution < -0.4 is 10.8 Å². The number of rotatable bonds is 7. The predicted octanol–water partition coefficient (Wildman–Crippen LogP) is 4.21. The number of aromatic amines is 1. The van der Waals surface area contributed by atoms with Crippen molar-refractivity contribution in [3.05, 3.63) is 52.3 Å². The smallest absolute Gasteiger partial charge is 0.201 e. The fraction of sp³-hybridized carbons (Fsp3) is 0.364. The summed E-state index contributed by atoms with van der Waals surface area (Å²) in [7, 11) is 1.66. The molecular weight excluding hydrogens is 473 g/mol. The molecule has 1 atom stereocenters. The highest BCUT2D eigenvalue weighted by molar-refractivity contribution is 6.31. The maximum Gasteiger partial charge on any atom is 0.201 e. The molecule has 1 aliphatic heterocycles. The van der Waals surface area contributed by atoms with E-state index in [1.165, 1.54) is 12.1 Å². The standard InChI is InChI=1S/C22H24ClF3N6O2/c1-34-8-7-32-6-2-3-13(11-32)28-22-29-19-14(10-17(25)18(26)20(19)30-22)21(31-33)27-12-4-5-16(24)15(23)9-12/h4-5,9-10,13,33H,2-3,6-8,11H2,1H3,(H,27,31)(H2,28,29,30). The number of H-pyrrole nitrogens is 1. The van der Waals surface area contributed by atoms with E-state index in [0.717, 1.165) is 44.6 Å². The number of hydroxylamine groups is 1. The Morgan fingerprint density at radius 1 is 1.32 bits per heavy atom. The number of piperidine rings is 1. The fourth-order valence-electron chi connectivity index (χ4n) is 3.98. The molecule has 1 saturated heterocycles. The summed E-state index contributed by atoms with van der Waals surface area (Å²) in [5, 5.41) is 12.8. The lowest BCUT2D eigenvalue weighted by Crippen LogP contribution is -2.43. The van der Waals surface area contributed by atoms with E-state index in [2.05, 4.69) is 25.2 Å². The van der Waals surface area contributed by atoms with Gasteiger partial charge in [0.25, 0.3) is 0 Å². The molecule has 1 unspecified atom stereocenters. The third-order valence-corrected chi connectivity index (χ3v) is 5.91. The molecule has 182 valence electrons. The van der Waals surface area contributed by atoms with Gasteiger partial charge in [-0.2, -0.15) is 0 Å². The number of nitrogens with zero attached hydrogens (tertiary/aromatic N) is 3. The Balaban J connectivity index is 1.66. The second-order valence-electron chi connectivity index (χ2n) is 7.98. The highest BCUT2D eigenvalue weighted by Gasteiger charge is 2.23. The highest BCUT2D eigenvalue weighted by atomic mass is 35.5. The summed E-state index contributed by atoms with van der Waals surface area (Å²) >= 11 is 5.79. The van der Waals surface area contributed by atoms with Crippen molar-refractivity contribution in [3.8, 4) is 0 Å². The van der Waals surface area contributed by atoms with Crippen LogP contribution in [-0.4, -0.2) is 65.3 Å². The van der Waals surface area contributed by atoms with Gasteiger partial charge in [0.2, 0.25) is 5.95 Å². The SMILES string of the molecule is COCCN1CCCC(Nc2nc3c(F)c(F)cc(C(=Nc4ccc(F)c(Cl)c4)NO)c3[nH]2)C1. The molecular formula is C22H24ClF3N6O2. The average molecular weight is 497 g/mol. The number of ether oxygens (including phenoxy) is 1. The Morgan fingerprint density at radius 3 is 2.88 bits per heavy atom. The molecule has 0 radical (unpaired) electrons. The molecule has 2 heterocycles. The van der Waals surface area contributed by atoms with Crippen LogP contribution in [0, 0.1) is 17.5 Å². The summed E-state index contributed by atoms with van der Waals surface area (Å²) in [5.41, 5.74) is 2.00. The number of benzene rings is 2. The van der Waals surface area contributed by atoms with Gasteiger partial charge in [0.15, 0.2) is 17.5 Å².